The predicted molar refractivity (Wildman–Crippen MR) is 114 cm³/mol. The minimum Gasteiger partial charge on any atom is -0.358 e. The third kappa shape index (κ3) is 3.68. The standard InChI is InChI=1S/C24H24N4O/c29-24(20-8-6-18(7-9-20)17-28-13-3-12-25-28)27-14-10-19(11-15-27)23-16-21-4-1-2-5-22(21)26-23/h1-9,12-13,16,19,26H,10-11,14-15,17H2. The lowest BCUT2D eigenvalue weighted by atomic mass is 9.93. The summed E-state index contributed by atoms with van der Waals surface area (Å²) in [5.74, 6) is 0.619. The van der Waals surface area contributed by atoms with Gasteiger partial charge in [0.2, 0.25) is 0 Å². The Labute approximate surface area is 170 Å². The second kappa shape index (κ2) is 7.59. The van der Waals surface area contributed by atoms with Crippen LogP contribution in [0.15, 0.2) is 73.1 Å². The van der Waals surface area contributed by atoms with Crippen molar-refractivity contribution in [3.63, 3.8) is 0 Å². The molecule has 1 aliphatic rings. The number of likely N-dealkylation sites (tertiary alicyclic amines) is 1. The zero-order valence-electron chi connectivity index (χ0n) is 16.3. The fourth-order valence-corrected chi connectivity index (χ4v) is 4.23. The summed E-state index contributed by atoms with van der Waals surface area (Å²) in [5, 5.41) is 5.49. The molecule has 1 N–H and O–H groups in total. The summed E-state index contributed by atoms with van der Waals surface area (Å²) in [6, 6.07) is 20.5. The monoisotopic (exact) mass is 384 g/mol. The van der Waals surface area contributed by atoms with Gasteiger partial charge in [-0.2, -0.15) is 5.10 Å². The molecule has 0 aliphatic carbocycles. The Balaban J connectivity index is 1.21. The first-order chi connectivity index (χ1) is 14.3. The molecule has 5 rings (SSSR count). The zero-order chi connectivity index (χ0) is 19.6. The molecule has 3 heterocycles. The molecule has 1 saturated heterocycles. The molecule has 0 bridgehead atoms. The number of carbonyl (C=O) groups excluding carboxylic acids is 1. The molecule has 5 heteroatoms. The van der Waals surface area contributed by atoms with E-state index in [-0.39, 0.29) is 5.91 Å². The first kappa shape index (κ1) is 17.7. The molecule has 0 spiro atoms. The number of benzene rings is 2. The number of carbonyl (C=O) groups is 1. The van der Waals surface area contributed by atoms with Crippen LogP contribution in [0.5, 0.6) is 0 Å². The van der Waals surface area contributed by atoms with Gasteiger partial charge in [-0.3, -0.25) is 9.48 Å². The van der Waals surface area contributed by atoms with Gasteiger partial charge in [-0.1, -0.05) is 30.3 Å². The van der Waals surface area contributed by atoms with Gasteiger partial charge in [-0.05, 0) is 54.1 Å². The molecule has 1 aliphatic heterocycles. The van der Waals surface area contributed by atoms with Crippen LogP contribution in [0.2, 0.25) is 0 Å². The lowest BCUT2D eigenvalue weighted by molar-refractivity contribution is 0.0712. The van der Waals surface area contributed by atoms with E-state index in [0.717, 1.165) is 43.6 Å². The minimum absolute atomic E-state index is 0.130. The van der Waals surface area contributed by atoms with E-state index >= 15 is 0 Å². The number of piperidine rings is 1. The van der Waals surface area contributed by atoms with Crippen LogP contribution in [0.25, 0.3) is 10.9 Å². The lowest BCUT2D eigenvalue weighted by Gasteiger charge is -2.31. The number of hydrogen-bond acceptors (Lipinski definition) is 2. The maximum atomic E-state index is 12.9. The van der Waals surface area contributed by atoms with Crippen molar-refractivity contribution in [2.45, 2.75) is 25.3 Å². The van der Waals surface area contributed by atoms with Crippen molar-refractivity contribution in [3.05, 3.63) is 89.9 Å². The molecular weight excluding hydrogens is 360 g/mol. The molecule has 2 aromatic carbocycles. The highest BCUT2D eigenvalue weighted by Gasteiger charge is 2.25. The SMILES string of the molecule is O=C(c1ccc(Cn2cccn2)cc1)N1CCC(c2cc3ccccc3[nH]2)CC1. The molecule has 1 amide bonds. The van der Waals surface area contributed by atoms with Crippen molar-refractivity contribution < 1.29 is 4.79 Å². The number of para-hydroxylation sites is 1. The number of nitrogens with one attached hydrogen (secondary N) is 1. The molecular formula is C24H24N4O. The molecule has 0 atom stereocenters. The molecule has 1 fully saturated rings. The van der Waals surface area contributed by atoms with E-state index in [4.69, 9.17) is 0 Å². The molecule has 0 saturated carbocycles. The van der Waals surface area contributed by atoms with Gasteiger partial charge in [0.15, 0.2) is 0 Å². The van der Waals surface area contributed by atoms with Crippen LogP contribution < -0.4 is 0 Å². The minimum atomic E-state index is 0.130. The molecule has 2 aromatic heterocycles. The zero-order valence-corrected chi connectivity index (χ0v) is 16.3. The van der Waals surface area contributed by atoms with Gasteiger partial charge in [0.1, 0.15) is 0 Å². The average molecular weight is 384 g/mol. The summed E-state index contributed by atoms with van der Waals surface area (Å²) >= 11 is 0. The van der Waals surface area contributed by atoms with Crippen LogP contribution >= 0.6 is 0 Å². The highest BCUT2D eigenvalue weighted by molar-refractivity contribution is 5.94. The maximum absolute atomic E-state index is 12.9. The Bertz CT molecular complexity index is 1070. The third-order valence-electron chi connectivity index (χ3n) is 5.88. The largest absolute Gasteiger partial charge is 0.358 e. The van der Waals surface area contributed by atoms with E-state index < -0.39 is 0 Å². The summed E-state index contributed by atoms with van der Waals surface area (Å²) < 4.78 is 1.88. The quantitative estimate of drug-likeness (QED) is 0.566. The van der Waals surface area contributed by atoms with E-state index in [1.54, 1.807) is 6.20 Å². The van der Waals surface area contributed by atoms with Crippen molar-refractivity contribution in [3.8, 4) is 0 Å². The van der Waals surface area contributed by atoms with Gasteiger partial charge in [0.05, 0.1) is 6.54 Å². The molecule has 146 valence electrons. The van der Waals surface area contributed by atoms with Gasteiger partial charge < -0.3 is 9.88 Å². The van der Waals surface area contributed by atoms with Crippen LogP contribution in [-0.2, 0) is 6.54 Å². The van der Waals surface area contributed by atoms with E-state index in [2.05, 4.69) is 40.4 Å². The van der Waals surface area contributed by atoms with Crippen molar-refractivity contribution in [1.29, 1.82) is 0 Å². The Kier molecular flexibility index (Phi) is 4.64. The highest BCUT2D eigenvalue weighted by atomic mass is 16.2. The molecule has 29 heavy (non-hydrogen) atoms. The first-order valence-corrected chi connectivity index (χ1v) is 10.2. The second-order valence-electron chi connectivity index (χ2n) is 7.78. The Morgan fingerprint density at radius 3 is 2.55 bits per heavy atom. The summed E-state index contributed by atoms with van der Waals surface area (Å²) in [4.78, 5) is 18.5. The van der Waals surface area contributed by atoms with Gasteiger partial charge in [0, 0.05) is 48.2 Å². The van der Waals surface area contributed by atoms with E-state index in [1.807, 2.05) is 46.1 Å². The fourth-order valence-electron chi connectivity index (χ4n) is 4.23. The number of aromatic nitrogens is 3. The summed E-state index contributed by atoms with van der Waals surface area (Å²) in [5.41, 5.74) is 4.39. The van der Waals surface area contributed by atoms with E-state index in [1.165, 1.54) is 16.6 Å². The lowest BCUT2D eigenvalue weighted by Crippen LogP contribution is -2.38. The Morgan fingerprint density at radius 1 is 1.03 bits per heavy atom. The predicted octanol–water partition coefficient (Wildman–Crippen LogP) is 4.43. The number of H-pyrrole nitrogens is 1. The number of rotatable bonds is 4. The number of amides is 1. The van der Waals surface area contributed by atoms with Crippen LogP contribution in [0.4, 0.5) is 0 Å². The highest BCUT2D eigenvalue weighted by Crippen LogP contribution is 2.30. The molecule has 0 unspecified atom stereocenters. The van der Waals surface area contributed by atoms with Crippen LogP contribution in [-0.4, -0.2) is 38.7 Å². The van der Waals surface area contributed by atoms with Gasteiger partial charge in [-0.15, -0.1) is 0 Å². The van der Waals surface area contributed by atoms with Crippen molar-refractivity contribution in [1.82, 2.24) is 19.7 Å². The number of aromatic amines is 1. The molecule has 5 nitrogen and oxygen atoms in total. The average Bonchev–Trinajstić information content (AvgIpc) is 3.43. The smallest absolute Gasteiger partial charge is 0.253 e. The Hall–Kier alpha value is -3.34. The number of nitrogens with zero attached hydrogens (tertiary/aromatic N) is 3. The van der Waals surface area contributed by atoms with E-state index in [9.17, 15) is 4.79 Å². The normalized spacial score (nSPS) is 15.1. The van der Waals surface area contributed by atoms with Crippen LogP contribution in [0.3, 0.4) is 0 Å². The van der Waals surface area contributed by atoms with Crippen LogP contribution in [0, 0.1) is 0 Å². The van der Waals surface area contributed by atoms with Crippen LogP contribution in [0.1, 0.15) is 40.4 Å². The molecule has 0 radical (unpaired) electrons. The summed E-state index contributed by atoms with van der Waals surface area (Å²) in [6.45, 7) is 2.32. The summed E-state index contributed by atoms with van der Waals surface area (Å²) in [7, 11) is 0. The van der Waals surface area contributed by atoms with Gasteiger partial charge in [0.25, 0.3) is 5.91 Å². The van der Waals surface area contributed by atoms with Crippen molar-refractivity contribution in [2.24, 2.45) is 0 Å². The first-order valence-electron chi connectivity index (χ1n) is 10.2. The Morgan fingerprint density at radius 2 is 1.83 bits per heavy atom. The van der Waals surface area contributed by atoms with Gasteiger partial charge in [-0.25, -0.2) is 0 Å². The third-order valence-corrected chi connectivity index (χ3v) is 5.88. The maximum Gasteiger partial charge on any atom is 0.253 e. The van der Waals surface area contributed by atoms with E-state index in [0.29, 0.717) is 5.92 Å². The number of hydrogen-bond donors (Lipinski definition) is 1. The van der Waals surface area contributed by atoms with Gasteiger partial charge >= 0.3 is 0 Å². The topological polar surface area (TPSA) is 53.9 Å². The summed E-state index contributed by atoms with van der Waals surface area (Å²) in [6.07, 6.45) is 5.71. The second-order valence-corrected chi connectivity index (χ2v) is 7.78. The number of fused-ring (bicyclic) bond motifs is 1. The fraction of sp³-hybridized carbons (Fsp3) is 0.250. The molecule has 4 aromatic rings. The van der Waals surface area contributed by atoms with Crippen molar-refractivity contribution >= 4 is 16.8 Å². The van der Waals surface area contributed by atoms with Crippen molar-refractivity contribution in [2.75, 3.05) is 13.1 Å².